The average molecular weight is 262 g/mol. The second-order valence-corrected chi connectivity index (χ2v) is 5.17. The van der Waals surface area contributed by atoms with Crippen LogP contribution in [0.5, 0.6) is 5.75 Å². The van der Waals surface area contributed by atoms with Crippen LogP contribution in [0.4, 0.5) is 0 Å². The molecule has 1 N–H and O–H groups in total. The van der Waals surface area contributed by atoms with E-state index in [0.29, 0.717) is 13.0 Å². The molecule has 4 nitrogen and oxygen atoms in total. The molecule has 19 heavy (non-hydrogen) atoms. The quantitative estimate of drug-likeness (QED) is 0.629. The van der Waals surface area contributed by atoms with E-state index in [2.05, 4.69) is 17.6 Å². The molecule has 1 aliphatic rings. The molecule has 0 bridgehead atoms. The first-order valence-corrected chi connectivity index (χ1v) is 6.86. The van der Waals surface area contributed by atoms with Crippen molar-refractivity contribution >= 4 is 5.91 Å². The number of rotatable bonds is 6. The van der Waals surface area contributed by atoms with Crippen molar-refractivity contribution in [1.82, 2.24) is 10.4 Å². The number of hydrazine groups is 1. The van der Waals surface area contributed by atoms with E-state index in [9.17, 15) is 4.79 Å². The van der Waals surface area contributed by atoms with E-state index in [1.165, 1.54) is 24.0 Å². The van der Waals surface area contributed by atoms with Gasteiger partial charge in [0, 0.05) is 20.5 Å². The number of hydrogen-bond donors (Lipinski definition) is 1. The van der Waals surface area contributed by atoms with Crippen LogP contribution in [0.1, 0.15) is 30.4 Å². The minimum atomic E-state index is 0.0301. The van der Waals surface area contributed by atoms with Crippen LogP contribution in [-0.4, -0.2) is 31.6 Å². The van der Waals surface area contributed by atoms with Gasteiger partial charge in [-0.25, -0.2) is 5.01 Å². The molecule has 2 rings (SSSR count). The van der Waals surface area contributed by atoms with Gasteiger partial charge >= 0.3 is 0 Å². The number of carbonyl (C=O) groups excluding carboxylic acids is 1. The van der Waals surface area contributed by atoms with E-state index in [1.807, 2.05) is 6.07 Å². The van der Waals surface area contributed by atoms with E-state index in [1.54, 1.807) is 19.1 Å². The third kappa shape index (κ3) is 4.24. The normalized spacial score (nSPS) is 13.4. The number of ether oxygens (including phenoxy) is 1. The number of nitrogens with one attached hydrogen (secondary N) is 1. The smallest absolute Gasteiger partial charge is 0.234 e. The lowest BCUT2D eigenvalue weighted by Gasteiger charge is -2.12. The molecule has 0 unspecified atom stereocenters. The third-order valence-corrected chi connectivity index (χ3v) is 3.24. The summed E-state index contributed by atoms with van der Waals surface area (Å²) >= 11 is 0. The van der Waals surface area contributed by atoms with Gasteiger partial charge in [-0.2, -0.15) is 0 Å². The first-order valence-electron chi connectivity index (χ1n) is 6.86. The van der Waals surface area contributed by atoms with Crippen molar-refractivity contribution in [3.63, 3.8) is 0 Å². The zero-order chi connectivity index (χ0) is 13.7. The average Bonchev–Trinajstić information content (AvgIpc) is 2.81. The minimum Gasteiger partial charge on any atom is -0.494 e. The van der Waals surface area contributed by atoms with Crippen LogP contribution in [-0.2, 0) is 17.6 Å². The zero-order valence-corrected chi connectivity index (χ0v) is 11.7. The first-order chi connectivity index (χ1) is 9.15. The van der Waals surface area contributed by atoms with Crippen molar-refractivity contribution < 1.29 is 9.53 Å². The van der Waals surface area contributed by atoms with Gasteiger partial charge in [-0.1, -0.05) is 6.07 Å². The predicted octanol–water partition coefficient (Wildman–Crippen LogP) is 1.93. The van der Waals surface area contributed by atoms with Crippen molar-refractivity contribution in [2.75, 3.05) is 20.7 Å². The largest absolute Gasteiger partial charge is 0.494 e. The first kappa shape index (κ1) is 13.9. The van der Waals surface area contributed by atoms with E-state index in [-0.39, 0.29) is 5.91 Å². The Kier molecular flexibility index (Phi) is 4.80. The van der Waals surface area contributed by atoms with Gasteiger partial charge in [0.15, 0.2) is 0 Å². The maximum absolute atomic E-state index is 11.4. The van der Waals surface area contributed by atoms with Crippen LogP contribution in [0.3, 0.4) is 0 Å². The summed E-state index contributed by atoms with van der Waals surface area (Å²) in [5.41, 5.74) is 5.59. The molecule has 0 radical (unpaired) electrons. The molecule has 4 heteroatoms. The summed E-state index contributed by atoms with van der Waals surface area (Å²) in [6.07, 6.45) is 4.83. The summed E-state index contributed by atoms with van der Waals surface area (Å²) in [5.74, 6) is 0.955. The summed E-state index contributed by atoms with van der Waals surface area (Å²) in [4.78, 5) is 11.4. The van der Waals surface area contributed by atoms with Crippen molar-refractivity contribution in [2.45, 2.75) is 32.1 Å². The molecule has 104 valence electrons. The highest BCUT2D eigenvalue weighted by Crippen LogP contribution is 2.26. The van der Waals surface area contributed by atoms with Gasteiger partial charge in [-0.05, 0) is 48.9 Å². The summed E-state index contributed by atoms with van der Waals surface area (Å²) < 4.78 is 5.69. The molecule has 0 aromatic heterocycles. The van der Waals surface area contributed by atoms with Crippen molar-refractivity contribution in [1.29, 1.82) is 0 Å². The molecule has 1 amide bonds. The number of nitrogens with zero attached hydrogens (tertiary/aromatic N) is 1. The lowest BCUT2D eigenvalue weighted by Crippen LogP contribution is -2.36. The van der Waals surface area contributed by atoms with Gasteiger partial charge in [0.2, 0.25) is 5.91 Å². The van der Waals surface area contributed by atoms with Crippen LogP contribution in [0.15, 0.2) is 18.2 Å². The lowest BCUT2D eigenvalue weighted by molar-refractivity contribution is -0.125. The standard InChI is InChI=1S/C15H22N2O2/c1-17(2)16-15(18)7-4-10-19-14-9-8-12-5-3-6-13(12)11-14/h8-9,11H,3-7,10H2,1-2H3,(H,16,18). The molecule has 0 saturated carbocycles. The van der Waals surface area contributed by atoms with E-state index < -0.39 is 0 Å². The number of fused-ring (bicyclic) bond motifs is 1. The van der Waals surface area contributed by atoms with E-state index in [4.69, 9.17) is 4.74 Å². The van der Waals surface area contributed by atoms with Gasteiger partial charge in [0.25, 0.3) is 0 Å². The third-order valence-electron chi connectivity index (χ3n) is 3.24. The van der Waals surface area contributed by atoms with Gasteiger partial charge in [-0.3, -0.25) is 10.2 Å². The maximum Gasteiger partial charge on any atom is 0.234 e. The summed E-state index contributed by atoms with van der Waals surface area (Å²) in [5, 5.41) is 1.66. The minimum absolute atomic E-state index is 0.0301. The Balaban J connectivity index is 1.70. The Morgan fingerprint density at radius 3 is 2.89 bits per heavy atom. The Morgan fingerprint density at radius 2 is 2.11 bits per heavy atom. The maximum atomic E-state index is 11.4. The molecule has 0 fully saturated rings. The molecule has 0 atom stereocenters. The van der Waals surface area contributed by atoms with Crippen LogP contribution in [0, 0.1) is 0 Å². The Bertz CT molecular complexity index is 444. The van der Waals surface area contributed by atoms with Gasteiger partial charge in [0.1, 0.15) is 5.75 Å². The number of hydrogen-bond acceptors (Lipinski definition) is 3. The molecule has 0 saturated heterocycles. The molecule has 1 aromatic carbocycles. The predicted molar refractivity (Wildman–Crippen MR) is 75.0 cm³/mol. The van der Waals surface area contributed by atoms with Crippen molar-refractivity contribution in [3.8, 4) is 5.75 Å². The Labute approximate surface area is 114 Å². The van der Waals surface area contributed by atoms with Gasteiger partial charge in [0.05, 0.1) is 6.61 Å². The van der Waals surface area contributed by atoms with Crippen LogP contribution in [0.2, 0.25) is 0 Å². The molecule has 0 heterocycles. The summed E-state index contributed by atoms with van der Waals surface area (Å²) in [6.45, 7) is 0.583. The molecule has 0 aliphatic heterocycles. The number of aryl methyl sites for hydroxylation is 2. The second-order valence-electron chi connectivity index (χ2n) is 5.17. The van der Waals surface area contributed by atoms with E-state index >= 15 is 0 Å². The number of carbonyl (C=O) groups is 1. The zero-order valence-electron chi connectivity index (χ0n) is 11.7. The molecular formula is C15H22N2O2. The number of amides is 1. The molecule has 0 spiro atoms. The molecule has 1 aromatic rings. The molecular weight excluding hydrogens is 240 g/mol. The van der Waals surface area contributed by atoms with Crippen LogP contribution in [0.25, 0.3) is 0 Å². The van der Waals surface area contributed by atoms with Gasteiger partial charge in [-0.15, -0.1) is 0 Å². The number of benzene rings is 1. The monoisotopic (exact) mass is 262 g/mol. The SMILES string of the molecule is CN(C)NC(=O)CCCOc1ccc2c(c1)CCC2. The van der Waals surface area contributed by atoms with Crippen molar-refractivity contribution in [3.05, 3.63) is 29.3 Å². The topological polar surface area (TPSA) is 41.6 Å². The Morgan fingerprint density at radius 1 is 1.32 bits per heavy atom. The fourth-order valence-electron chi connectivity index (χ4n) is 2.37. The van der Waals surface area contributed by atoms with Crippen LogP contribution >= 0.6 is 0 Å². The lowest BCUT2D eigenvalue weighted by atomic mass is 10.1. The second kappa shape index (κ2) is 6.57. The highest BCUT2D eigenvalue weighted by molar-refractivity contribution is 5.75. The fourth-order valence-corrected chi connectivity index (χ4v) is 2.37. The summed E-state index contributed by atoms with van der Waals surface area (Å²) in [7, 11) is 3.61. The van der Waals surface area contributed by atoms with Crippen molar-refractivity contribution in [2.24, 2.45) is 0 Å². The fraction of sp³-hybridized carbons (Fsp3) is 0.533. The highest BCUT2D eigenvalue weighted by atomic mass is 16.5. The van der Waals surface area contributed by atoms with E-state index in [0.717, 1.165) is 18.6 Å². The van der Waals surface area contributed by atoms with Gasteiger partial charge < -0.3 is 4.74 Å². The Hall–Kier alpha value is -1.55. The van der Waals surface area contributed by atoms with Crippen LogP contribution < -0.4 is 10.2 Å². The molecule has 1 aliphatic carbocycles. The summed E-state index contributed by atoms with van der Waals surface area (Å²) in [6, 6.07) is 6.34. The highest BCUT2D eigenvalue weighted by Gasteiger charge is 2.11.